The lowest BCUT2D eigenvalue weighted by Crippen LogP contribution is -2.58. The van der Waals surface area contributed by atoms with Crippen molar-refractivity contribution in [3.05, 3.63) is 0 Å². The third-order valence-corrected chi connectivity index (χ3v) is 5.51. The van der Waals surface area contributed by atoms with Crippen molar-refractivity contribution in [2.75, 3.05) is 53.0 Å². The largest absolute Gasteiger partial charge is 0.383 e. The number of piperazine rings is 1. The third-order valence-electron chi connectivity index (χ3n) is 5.51. The Hall–Kier alpha value is -0.650. The number of methoxy groups -OCH3 is 1. The van der Waals surface area contributed by atoms with Gasteiger partial charge in [-0.05, 0) is 26.2 Å². The fourth-order valence-electron chi connectivity index (χ4n) is 3.87. The van der Waals surface area contributed by atoms with E-state index in [2.05, 4.69) is 28.5 Å². The minimum absolute atomic E-state index is 0.0201. The third kappa shape index (κ3) is 5.16. The molecule has 2 aliphatic heterocycles. The molecule has 1 amide bonds. The van der Waals surface area contributed by atoms with Crippen LogP contribution in [0.15, 0.2) is 0 Å². The average molecular weight is 325 g/mol. The second-order valence-corrected chi connectivity index (χ2v) is 7.00. The van der Waals surface area contributed by atoms with Crippen molar-refractivity contribution >= 4 is 5.91 Å². The van der Waals surface area contributed by atoms with E-state index in [1.807, 2.05) is 0 Å². The average Bonchev–Trinajstić information content (AvgIpc) is 2.87. The number of carbonyl (C=O) groups is 1. The minimum Gasteiger partial charge on any atom is -0.383 e. The molecule has 0 aromatic carbocycles. The lowest BCUT2D eigenvalue weighted by Gasteiger charge is -2.43. The van der Waals surface area contributed by atoms with Gasteiger partial charge in [0.1, 0.15) is 0 Å². The van der Waals surface area contributed by atoms with E-state index in [1.54, 1.807) is 7.11 Å². The predicted molar refractivity (Wildman–Crippen MR) is 93.6 cm³/mol. The summed E-state index contributed by atoms with van der Waals surface area (Å²) in [5, 5.41) is 0. The van der Waals surface area contributed by atoms with Crippen molar-refractivity contribution < 1.29 is 9.53 Å². The Bertz CT molecular complexity index is 356. The molecule has 134 valence electrons. The molecule has 2 fully saturated rings. The highest BCUT2D eigenvalue weighted by Crippen LogP contribution is 2.18. The number of carbonyl (C=O) groups excluding carboxylic acids is 1. The second kappa shape index (κ2) is 9.60. The van der Waals surface area contributed by atoms with Crippen LogP contribution in [0.2, 0.25) is 0 Å². The summed E-state index contributed by atoms with van der Waals surface area (Å²) in [6.07, 6.45) is 6.01. The molecule has 0 aromatic rings. The van der Waals surface area contributed by atoms with Gasteiger partial charge in [-0.15, -0.1) is 0 Å². The van der Waals surface area contributed by atoms with Crippen LogP contribution in [0.4, 0.5) is 0 Å². The molecular formula is C18H35N3O2. The summed E-state index contributed by atoms with van der Waals surface area (Å²) in [5.41, 5.74) is 0. The highest BCUT2D eigenvalue weighted by Gasteiger charge is 2.32. The zero-order chi connectivity index (χ0) is 16.7. The number of hydrogen-bond donors (Lipinski definition) is 0. The maximum absolute atomic E-state index is 12.8. The number of rotatable bonds is 6. The molecule has 5 heteroatoms. The van der Waals surface area contributed by atoms with E-state index in [0.29, 0.717) is 11.9 Å². The molecule has 2 rings (SSSR count). The normalized spacial score (nSPS) is 26.0. The van der Waals surface area contributed by atoms with Crippen LogP contribution in [0.3, 0.4) is 0 Å². The van der Waals surface area contributed by atoms with Crippen LogP contribution >= 0.6 is 0 Å². The van der Waals surface area contributed by atoms with Gasteiger partial charge in [0.2, 0.25) is 5.91 Å². The highest BCUT2D eigenvalue weighted by atomic mass is 16.5. The Morgan fingerprint density at radius 2 is 1.83 bits per heavy atom. The summed E-state index contributed by atoms with van der Waals surface area (Å²) >= 11 is 0. The molecule has 2 atom stereocenters. The molecule has 0 spiro atoms. The molecule has 0 bridgehead atoms. The topological polar surface area (TPSA) is 36.0 Å². The first-order chi connectivity index (χ1) is 11.2. The summed E-state index contributed by atoms with van der Waals surface area (Å²) in [5.74, 6) is 0.340. The molecule has 0 saturated carbocycles. The van der Waals surface area contributed by atoms with E-state index in [0.717, 1.165) is 52.3 Å². The van der Waals surface area contributed by atoms with Crippen molar-refractivity contribution in [1.82, 2.24) is 14.7 Å². The second-order valence-electron chi connectivity index (χ2n) is 7.00. The van der Waals surface area contributed by atoms with Gasteiger partial charge in [-0.2, -0.15) is 0 Å². The maximum Gasteiger partial charge on any atom is 0.239 e. The van der Waals surface area contributed by atoms with Crippen LogP contribution in [0.1, 0.15) is 46.0 Å². The first-order valence-corrected chi connectivity index (χ1v) is 9.43. The van der Waals surface area contributed by atoms with Crippen LogP contribution in [0.5, 0.6) is 0 Å². The van der Waals surface area contributed by atoms with Gasteiger partial charge in [-0.25, -0.2) is 0 Å². The SMILES string of the molecule is CC[C@H]1CN([C@H](C)C(=O)N2CCCCCC2)CCN1CCOC. The lowest BCUT2D eigenvalue weighted by molar-refractivity contribution is -0.137. The molecule has 5 nitrogen and oxygen atoms in total. The van der Waals surface area contributed by atoms with Crippen molar-refractivity contribution in [1.29, 1.82) is 0 Å². The molecule has 0 aromatic heterocycles. The van der Waals surface area contributed by atoms with Gasteiger partial charge in [0.15, 0.2) is 0 Å². The number of likely N-dealkylation sites (tertiary alicyclic amines) is 1. The number of hydrogen-bond acceptors (Lipinski definition) is 4. The van der Waals surface area contributed by atoms with Crippen LogP contribution in [-0.4, -0.2) is 85.7 Å². The Morgan fingerprint density at radius 1 is 1.13 bits per heavy atom. The summed E-state index contributed by atoms with van der Waals surface area (Å²) in [6.45, 7) is 11.1. The molecule has 0 N–H and O–H groups in total. The quantitative estimate of drug-likeness (QED) is 0.746. The van der Waals surface area contributed by atoms with Gasteiger partial charge in [0, 0.05) is 52.4 Å². The van der Waals surface area contributed by atoms with E-state index in [4.69, 9.17) is 4.74 Å². The number of amides is 1. The van der Waals surface area contributed by atoms with E-state index >= 15 is 0 Å². The fourth-order valence-corrected chi connectivity index (χ4v) is 3.87. The Kier molecular flexibility index (Phi) is 7.80. The van der Waals surface area contributed by atoms with Crippen LogP contribution in [0.25, 0.3) is 0 Å². The number of nitrogens with zero attached hydrogens (tertiary/aromatic N) is 3. The Balaban J connectivity index is 1.89. The Labute approximate surface area is 141 Å². The molecule has 23 heavy (non-hydrogen) atoms. The van der Waals surface area contributed by atoms with Gasteiger partial charge >= 0.3 is 0 Å². The maximum atomic E-state index is 12.8. The van der Waals surface area contributed by atoms with E-state index < -0.39 is 0 Å². The van der Waals surface area contributed by atoms with Gasteiger partial charge in [0.05, 0.1) is 12.6 Å². The summed E-state index contributed by atoms with van der Waals surface area (Å²) < 4.78 is 5.23. The van der Waals surface area contributed by atoms with Gasteiger partial charge < -0.3 is 9.64 Å². The monoisotopic (exact) mass is 325 g/mol. The predicted octanol–water partition coefficient (Wildman–Crippen LogP) is 1.82. The van der Waals surface area contributed by atoms with Crippen LogP contribution in [-0.2, 0) is 9.53 Å². The standard InChI is InChI=1S/C18H35N3O2/c1-4-17-15-21(12-11-19(17)13-14-23-3)16(2)18(22)20-9-7-5-6-8-10-20/h16-17H,4-15H2,1-3H3/t16-,17+/m1/s1. The van der Waals surface area contributed by atoms with Gasteiger partial charge in [0.25, 0.3) is 0 Å². The zero-order valence-electron chi connectivity index (χ0n) is 15.3. The van der Waals surface area contributed by atoms with Gasteiger partial charge in [-0.3, -0.25) is 14.6 Å². The van der Waals surface area contributed by atoms with Crippen molar-refractivity contribution in [3.8, 4) is 0 Å². The van der Waals surface area contributed by atoms with Crippen LogP contribution < -0.4 is 0 Å². The summed E-state index contributed by atoms with van der Waals surface area (Å²) in [4.78, 5) is 19.9. The van der Waals surface area contributed by atoms with Crippen molar-refractivity contribution in [3.63, 3.8) is 0 Å². The first kappa shape index (κ1) is 18.7. The van der Waals surface area contributed by atoms with Gasteiger partial charge in [-0.1, -0.05) is 19.8 Å². The zero-order valence-corrected chi connectivity index (χ0v) is 15.3. The Morgan fingerprint density at radius 3 is 2.43 bits per heavy atom. The van der Waals surface area contributed by atoms with Crippen molar-refractivity contribution in [2.45, 2.75) is 58.0 Å². The summed E-state index contributed by atoms with van der Waals surface area (Å²) in [7, 11) is 1.76. The molecule has 2 aliphatic rings. The number of ether oxygens (including phenoxy) is 1. The van der Waals surface area contributed by atoms with Crippen molar-refractivity contribution in [2.24, 2.45) is 0 Å². The molecule has 0 aliphatic carbocycles. The highest BCUT2D eigenvalue weighted by molar-refractivity contribution is 5.81. The van der Waals surface area contributed by atoms with E-state index in [9.17, 15) is 4.79 Å². The molecular weight excluding hydrogens is 290 g/mol. The molecule has 0 unspecified atom stereocenters. The van der Waals surface area contributed by atoms with Crippen LogP contribution in [0, 0.1) is 0 Å². The summed E-state index contributed by atoms with van der Waals surface area (Å²) in [6, 6.07) is 0.560. The van der Waals surface area contributed by atoms with E-state index in [1.165, 1.54) is 25.7 Å². The molecule has 2 saturated heterocycles. The lowest BCUT2D eigenvalue weighted by atomic mass is 10.1. The molecule has 2 heterocycles. The fraction of sp³-hybridized carbons (Fsp3) is 0.944. The molecule has 0 radical (unpaired) electrons. The smallest absolute Gasteiger partial charge is 0.239 e. The minimum atomic E-state index is 0.0201. The first-order valence-electron chi connectivity index (χ1n) is 9.43. The van der Waals surface area contributed by atoms with E-state index in [-0.39, 0.29) is 6.04 Å².